The Morgan fingerprint density at radius 2 is 2.24 bits per heavy atom. The van der Waals surface area contributed by atoms with Crippen LogP contribution in [-0.4, -0.2) is 32.0 Å². The van der Waals surface area contributed by atoms with E-state index in [2.05, 4.69) is 10.4 Å². The monoisotopic (exact) mass is 242 g/mol. The summed E-state index contributed by atoms with van der Waals surface area (Å²) >= 11 is 0. The maximum atomic E-state index is 10.9. The van der Waals surface area contributed by atoms with Gasteiger partial charge in [0.1, 0.15) is 5.69 Å². The number of anilines is 1. The zero-order valence-electron chi connectivity index (χ0n) is 10.5. The number of hydrogen-bond donors (Lipinski definition) is 2. The molecule has 7 nitrogen and oxygen atoms in total. The summed E-state index contributed by atoms with van der Waals surface area (Å²) in [4.78, 5) is 10.4. The normalized spacial score (nSPS) is 14.4. The third kappa shape index (κ3) is 2.94. The summed E-state index contributed by atoms with van der Waals surface area (Å²) in [5.41, 5.74) is -0.581. The highest BCUT2D eigenvalue weighted by atomic mass is 16.6. The van der Waals surface area contributed by atoms with Crippen LogP contribution in [0.25, 0.3) is 0 Å². The number of nitrogens with zero attached hydrogens (tertiary/aromatic N) is 3. The molecule has 0 amide bonds. The molecule has 2 N–H and O–H groups in total. The maximum Gasteiger partial charge on any atom is 0.333 e. The summed E-state index contributed by atoms with van der Waals surface area (Å²) in [6, 6.07) is 0. The van der Waals surface area contributed by atoms with Gasteiger partial charge in [0.25, 0.3) is 0 Å². The summed E-state index contributed by atoms with van der Waals surface area (Å²) in [6.07, 6.45) is 0.560. The molecular formula is C10H18N4O3. The lowest BCUT2D eigenvalue weighted by Gasteiger charge is -2.21. The van der Waals surface area contributed by atoms with Gasteiger partial charge in [0.05, 0.1) is 10.5 Å². The zero-order valence-corrected chi connectivity index (χ0v) is 10.5. The van der Waals surface area contributed by atoms with Crippen molar-refractivity contribution in [2.45, 2.75) is 32.8 Å². The second-order valence-corrected chi connectivity index (χ2v) is 4.37. The third-order valence-corrected chi connectivity index (χ3v) is 2.77. The highest BCUT2D eigenvalue weighted by molar-refractivity contribution is 5.59. The Labute approximate surface area is 99.6 Å². The van der Waals surface area contributed by atoms with E-state index in [1.807, 2.05) is 6.92 Å². The van der Waals surface area contributed by atoms with Crippen LogP contribution in [0.4, 0.5) is 11.5 Å². The molecule has 17 heavy (non-hydrogen) atoms. The van der Waals surface area contributed by atoms with Gasteiger partial charge >= 0.3 is 5.69 Å². The van der Waals surface area contributed by atoms with Crippen molar-refractivity contribution < 1.29 is 10.0 Å². The fourth-order valence-electron chi connectivity index (χ4n) is 1.46. The Kier molecular flexibility index (Phi) is 3.72. The van der Waals surface area contributed by atoms with E-state index in [9.17, 15) is 15.2 Å². The van der Waals surface area contributed by atoms with E-state index in [0.717, 1.165) is 0 Å². The number of hydrogen-bond acceptors (Lipinski definition) is 5. The summed E-state index contributed by atoms with van der Waals surface area (Å²) < 4.78 is 1.42. The number of aliphatic hydroxyl groups is 1. The van der Waals surface area contributed by atoms with Crippen molar-refractivity contribution in [2.24, 2.45) is 7.05 Å². The maximum absolute atomic E-state index is 10.9. The van der Waals surface area contributed by atoms with Gasteiger partial charge in [0.15, 0.2) is 0 Å². The molecule has 0 saturated heterocycles. The minimum Gasteiger partial charge on any atom is -0.388 e. The number of nitro groups is 1. The van der Waals surface area contributed by atoms with Gasteiger partial charge in [0.2, 0.25) is 5.82 Å². The molecule has 1 aromatic heterocycles. The van der Waals surface area contributed by atoms with Crippen molar-refractivity contribution in [3.05, 3.63) is 15.8 Å². The van der Waals surface area contributed by atoms with E-state index >= 15 is 0 Å². The van der Waals surface area contributed by atoms with Crippen molar-refractivity contribution >= 4 is 11.5 Å². The molecule has 0 radical (unpaired) electrons. The average molecular weight is 242 g/mol. The first-order valence-electron chi connectivity index (χ1n) is 5.42. The lowest BCUT2D eigenvalue weighted by atomic mass is 10.0. The van der Waals surface area contributed by atoms with Gasteiger partial charge in [-0.1, -0.05) is 6.92 Å². The quantitative estimate of drug-likeness (QED) is 0.598. The van der Waals surface area contributed by atoms with E-state index < -0.39 is 10.5 Å². The van der Waals surface area contributed by atoms with Gasteiger partial charge in [-0.3, -0.25) is 10.1 Å². The van der Waals surface area contributed by atoms with Crippen LogP contribution >= 0.6 is 0 Å². The Morgan fingerprint density at radius 1 is 1.65 bits per heavy atom. The second-order valence-electron chi connectivity index (χ2n) is 4.37. The molecule has 0 aliphatic rings. The Balaban J connectivity index is 2.95. The van der Waals surface area contributed by atoms with Gasteiger partial charge in [-0.15, -0.1) is 0 Å². The molecule has 1 unspecified atom stereocenters. The molecule has 0 spiro atoms. The molecular weight excluding hydrogens is 224 g/mol. The Bertz CT molecular complexity index is 425. The fraction of sp³-hybridized carbons (Fsp3) is 0.700. The third-order valence-electron chi connectivity index (χ3n) is 2.77. The van der Waals surface area contributed by atoms with Gasteiger partial charge in [0, 0.05) is 13.6 Å². The number of rotatable bonds is 5. The first-order chi connectivity index (χ1) is 7.78. The summed E-state index contributed by atoms with van der Waals surface area (Å²) in [5, 5.41) is 27.6. The molecule has 0 bridgehead atoms. The molecule has 0 aromatic carbocycles. The van der Waals surface area contributed by atoms with Crippen LogP contribution < -0.4 is 5.32 Å². The number of aromatic nitrogens is 2. The van der Waals surface area contributed by atoms with Crippen LogP contribution in [-0.2, 0) is 7.05 Å². The minimum atomic E-state index is -0.897. The standard InChI is InChI=1S/C10H18N4O3/c1-5-10(3,15)6-11-9-8(14(16)17)7(2)12-13(9)4/h11,15H,5-6H2,1-4H3. The second kappa shape index (κ2) is 4.70. The van der Waals surface area contributed by atoms with Crippen molar-refractivity contribution in [1.29, 1.82) is 0 Å². The van der Waals surface area contributed by atoms with Crippen molar-refractivity contribution in [3.63, 3.8) is 0 Å². The topological polar surface area (TPSA) is 93.2 Å². The van der Waals surface area contributed by atoms with Gasteiger partial charge in [-0.2, -0.15) is 5.10 Å². The Morgan fingerprint density at radius 3 is 2.71 bits per heavy atom. The van der Waals surface area contributed by atoms with Crippen LogP contribution in [0.1, 0.15) is 26.0 Å². The molecule has 0 aliphatic heterocycles. The van der Waals surface area contributed by atoms with E-state index in [1.54, 1.807) is 20.9 Å². The van der Waals surface area contributed by atoms with E-state index in [-0.39, 0.29) is 12.2 Å². The highest BCUT2D eigenvalue weighted by Gasteiger charge is 2.26. The largest absolute Gasteiger partial charge is 0.388 e. The minimum absolute atomic E-state index is 0.0422. The van der Waals surface area contributed by atoms with Gasteiger partial charge in [-0.25, -0.2) is 4.68 Å². The predicted molar refractivity (Wildman–Crippen MR) is 64.0 cm³/mol. The smallest absolute Gasteiger partial charge is 0.333 e. The predicted octanol–water partition coefficient (Wildman–Crippen LogP) is 1.21. The van der Waals surface area contributed by atoms with Crippen LogP contribution in [0.2, 0.25) is 0 Å². The highest BCUT2D eigenvalue weighted by Crippen LogP contribution is 2.27. The van der Waals surface area contributed by atoms with Crippen LogP contribution in [0.5, 0.6) is 0 Å². The van der Waals surface area contributed by atoms with Crippen molar-refractivity contribution in [2.75, 3.05) is 11.9 Å². The molecule has 0 aliphatic carbocycles. The van der Waals surface area contributed by atoms with Crippen molar-refractivity contribution in [1.82, 2.24) is 9.78 Å². The van der Waals surface area contributed by atoms with Crippen LogP contribution in [0, 0.1) is 17.0 Å². The van der Waals surface area contributed by atoms with E-state index in [1.165, 1.54) is 4.68 Å². The summed E-state index contributed by atoms with van der Waals surface area (Å²) in [6.45, 7) is 5.35. The van der Waals surface area contributed by atoms with E-state index in [0.29, 0.717) is 17.9 Å². The average Bonchev–Trinajstić information content (AvgIpc) is 2.50. The Hall–Kier alpha value is -1.63. The lowest BCUT2D eigenvalue weighted by molar-refractivity contribution is -0.384. The number of aryl methyl sites for hydroxylation is 2. The molecule has 1 atom stereocenters. The first kappa shape index (κ1) is 13.4. The molecule has 0 saturated carbocycles. The lowest BCUT2D eigenvalue weighted by Crippen LogP contribution is -2.33. The first-order valence-corrected chi connectivity index (χ1v) is 5.42. The van der Waals surface area contributed by atoms with Crippen LogP contribution in [0.15, 0.2) is 0 Å². The van der Waals surface area contributed by atoms with Gasteiger partial charge < -0.3 is 10.4 Å². The van der Waals surface area contributed by atoms with E-state index in [4.69, 9.17) is 0 Å². The molecule has 1 heterocycles. The van der Waals surface area contributed by atoms with Gasteiger partial charge in [-0.05, 0) is 20.3 Å². The molecule has 1 aromatic rings. The molecule has 1 rings (SSSR count). The zero-order chi connectivity index (χ0) is 13.2. The molecule has 7 heteroatoms. The number of nitrogens with one attached hydrogen (secondary N) is 1. The van der Waals surface area contributed by atoms with Crippen LogP contribution in [0.3, 0.4) is 0 Å². The SMILES string of the molecule is CCC(C)(O)CNc1c([N+](=O)[O-])c(C)nn1C. The molecule has 96 valence electrons. The fourth-order valence-corrected chi connectivity index (χ4v) is 1.46. The summed E-state index contributed by atoms with van der Waals surface area (Å²) in [7, 11) is 1.63. The summed E-state index contributed by atoms with van der Waals surface area (Å²) in [5.74, 6) is 0.321. The molecule has 0 fully saturated rings. The van der Waals surface area contributed by atoms with Crippen molar-refractivity contribution in [3.8, 4) is 0 Å².